The van der Waals surface area contributed by atoms with E-state index >= 15 is 0 Å². The second-order valence-electron chi connectivity index (χ2n) is 4.48. The van der Waals surface area contributed by atoms with Crippen molar-refractivity contribution in [1.82, 2.24) is 5.32 Å². The summed E-state index contributed by atoms with van der Waals surface area (Å²) in [5, 5.41) is 22.5. The molecule has 0 fully saturated rings. The third-order valence-corrected chi connectivity index (χ3v) is 2.95. The summed E-state index contributed by atoms with van der Waals surface area (Å²) in [5.74, 6) is -0.819. The molecule has 0 heterocycles. The predicted octanol–water partition coefficient (Wildman–Crippen LogP) is 2.42. The SMILES string of the molecule is Cc1ccc(C(C)NCCCC(=O)O)cc1[N+](=O)[O-]. The number of nitro groups is 1. The Kier molecular flexibility index (Phi) is 5.44. The number of aliphatic carboxylic acids is 1. The Balaban J connectivity index is 2.62. The fourth-order valence-electron chi connectivity index (χ4n) is 1.77. The van der Waals surface area contributed by atoms with Crippen LogP contribution < -0.4 is 5.32 Å². The van der Waals surface area contributed by atoms with Gasteiger partial charge in [-0.3, -0.25) is 14.9 Å². The van der Waals surface area contributed by atoms with E-state index in [4.69, 9.17) is 5.11 Å². The molecule has 0 bridgehead atoms. The lowest BCUT2D eigenvalue weighted by Crippen LogP contribution is -2.20. The fourth-order valence-corrected chi connectivity index (χ4v) is 1.77. The van der Waals surface area contributed by atoms with Gasteiger partial charge < -0.3 is 10.4 Å². The lowest BCUT2D eigenvalue weighted by Gasteiger charge is -2.14. The molecule has 1 aromatic rings. The van der Waals surface area contributed by atoms with Crippen molar-refractivity contribution < 1.29 is 14.8 Å². The Morgan fingerprint density at radius 1 is 1.53 bits per heavy atom. The van der Waals surface area contributed by atoms with Gasteiger partial charge in [-0.1, -0.05) is 12.1 Å². The van der Waals surface area contributed by atoms with Crippen molar-refractivity contribution in [2.45, 2.75) is 32.7 Å². The van der Waals surface area contributed by atoms with Gasteiger partial charge in [-0.25, -0.2) is 0 Å². The smallest absolute Gasteiger partial charge is 0.303 e. The van der Waals surface area contributed by atoms with E-state index in [-0.39, 0.29) is 18.2 Å². The molecule has 1 atom stereocenters. The van der Waals surface area contributed by atoms with Crippen molar-refractivity contribution in [3.05, 3.63) is 39.4 Å². The van der Waals surface area contributed by atoms with Crippen molar-refractivity contribution in [1.29, 1.82) is 0 Å². The number of aryl methyl sites for hydroxylation is 1. The highest BCUT2D eigenvalue weighted by Crippen LogP contribution is 2.23. The highest BCUT2D eigenvalue weighted by molar-refractivity contribution is 5.66. The van der Waals surface area contributed by atoms with Crippen molar-refractivity contribution in [2.24, 2.45) is 0 Å². The third kappa shape index (κ3) is 4.67. The molecule has 0 aromatic heterocycles. The summed E-state index contributed by atoms with van der Waals surface area (Å²) in [6.07, 6.45) is 0.654. The number of hydrogen-bond acceptors (Lipinski definition) is 4. The molecule has 0 aliphatic carbocycles. The molecule has 104 valence electrons. The first-order valence-electron chi connectivity index (χ1n) is 6.12. The minimum atomic E-state index is -0.819. The Labute approximate surface area is 111 Å². The monoisotopic (exact) mass is 266 g/mol. The summed E-state index contributed by atoms with van der Waals surface area (Å²) in [7, 11) is 0. The number of nitrogens with zero attached hydrogens (tertiary/aromatic N) is 1. The van der Waals surface area contributed by atoms with Gasteiger partial charge in [0, 0.05) is 24.1 Å². The number of carboxylic acids is 1. The number of benzene rings is 1. The maximum absolute atomic E-state index is 10.9. The zero-order valence-corrected chi connectivity index (χ0v) is 11.0. The maximum Gasteiger partial charge on any atom is 0.303 e. The molecule has 0 amide bonds. The van der Waals surface area contributed by atoms with E-state index < -0.39 is 10.9 Å². The van der Waals surface area contributed by atoms with E-state index in [0.717, 1.165) is 5.56 Å². The number of hydrogen-bond donors (Lipinski definition) is 2. The summed E-state index contributed by atoms with van der Waals surface area (Å²) >= 11 is 0. The highest BCUT2D eigenvalue weighted by atomic mass is 16.6. The summed E-state index contributed by atoms with van der Waals surface area (Å²) < 4.78 is 0. The van der Waals surface area contributed by atoms with Crippen LogP contribution in [0.15, 0.2) is 18.2 Å². The maximum atomic E-state index is 10.9. The molecule has 6 heteroatoms. The molecule has 1 aromatic carbocycles. The molecule has 0 aliphatic heterocycles. The largest absolute Gasteiger partial charge is 0.481 e. The minimum absolute atomic E-state index is 0.0481. The van der Waals surface area contributed by atoms with Crippen LogP contribution in [0.5, 0.6) is 0 Å². The van der Waals surface area contributed by atoms with Crippen LogP contribution >= 0.6 is 0 Å². The second-order valence-corrected chi connectivity index (χ2v) is 4.48. The van der Waals surface area contributed by atoms with Gasteiger partial charge in [0.05, 0.1) is 4.92 Å². The molecular weight excluding hydrogens is 248 g/mol. The molecule has 2 N–H and O–H groups in total. The summed E-state index contributed by atoms with van der Waals surface area (Å²) in [5.41, 5.74) is 1.57. The summed E-state index contributed by atoms with van der Waals surface area (Å²) in [6, 6.07) is 5.08. The number of nitrogens with one attached hydrogen (secondary N) is 1. The van der Waals surface area contributed by atoms with Gasteiger partial charge in [0.25, 0.3) is 5.69 Å². The quantitative estimate of drug-likeness (QED) is 0.449. The Morgan fingerprint density at radius 3 is 2.79 bits per heavy atom. The lowest BCUT2D eigenvalue weighted by atomic mass is 10.0. The fraction of sp³-hybridized carbons (Fsp3) is 0.462. The first-order chi connectivity index (χ1) is 8.91. The third-order valence-electron chi connectivity index (χ3n) is 2.95. The van der Waals surface area contributed by atoms with Gasteiger partial charge >= 0.3 is 5.97 Å². The average molecular weight is 266 g/mol. The molecule has 0 aliphatic rings. The molecule has 0 radical (unpaired) electrons. The van der Waals surface area contributed by atoms with Crippen molar-refractivity contribution in [2.75, 3.05) is 6.54 Å². The standard InChI is InChI=1S/C13H18N2O4/c1-9-5-6-11(8-12(9)15(18)19)10(2)14-7-3-4-13(16)17/h5-6,8,10,14H,3-4,7H2,1-2H3,(H,16,17). The topological polar surface area (TPSA) is 92.5 Å². The number of carbonyl (C=O) groups is 1. The molecule has 0 saturated carbocycles. The van der Waals surface area contributed by atoms with Gasteiger partial charge in [0.1, 0.15) is 0 Å². The zero-order chi connectivity index (χ0) is 14.4. The van der Waals surface area contributed by atoms with Crippen molar-refractivity contribution >= 4 is 11.7 Å². The van der Waals surface area contributed by atoms with Crippen molar-refractivity contribution in [3.8, 4) is 0 Å². The van der Waals surface area contributed by atoms with Gasteiger partial charge in [-0.05, 0) is 32.4 Å². The second kappa shape index (κ2) is 6.84. The Bertz CT molecular complexity index is 474. The van der Waals surface area contributed by atoms with Crippen LogP contribution in [0.25, 0.3) is 0 Å². The highest BCUT2D eigenvalue weighted by Gasteiger charge is 2.14. The normalized spacial score (nSPS) is 12.1. The van der Waals surface area contributed by atoms with E-state index in [1.807, 2.05) is 13.0 Å². The number of nitro benzene ring substituents is 1. The number of carboxylic acid groups (broad SMARTS) is 1. The van der Waals surface area contributed by atoms with E-state index in [1.165, 1.54) is 0 Å². The van der Waals surface area contributed by atoms with Gasteiger partial charge in [-0.2, -0.15) is 0 Å². The van der Waals surface area contributed by atoms with Crippen LogP contribution in [0.1, 0.15) is 36.9 Å². The molecule has 0 spiro atoms. The van der Waals surface area contributed by atoms with Crippen molar-refractivity contribution in [3.63, 3.8) is 0 Å². The summed E-state index contributed by atoms with van der Waals surface area (Å²) in [6.45, 7) is 4.16. The molecule has 0 saturated heterocycles. The van der Waals surface area contributed by atoms with Gasteiger partial charge in [-0.15, -0.1) is 0 Å². The van der Waals surface area contributed by atoms with Gasteiger partial charge in [0.15, 0.2) is 0 Å². The molecule has 19 heavy (non-hydrogen) atoms. The minimum Gasteiger partial charge on any atom is -0.481 e. The lowest BCUT2D eigenvalue weighted by molar-refractivity contribution is -0.385. The van der Waals surface area contributed by atoms with Gasteiger partial charge in [0.2, 0.25) is 0 Å². The Hall–Kier alpha value is -1.95. The van der Waals surface area contributed by atoms with E-state index in [9.17, 15) is 14.9 Å². The average Bonchev–Trinajstić information content (AvgIpc) is 2.34. The van der Waals surface area contributed by atoms with Crippen LogP contribution in [0, 0.1) is 17.0 Å². The van der Waals surface area contributed by atoms with E-state index in [2.05, 4.69) is 5.32 Å². The molecule has 1 unspecified atom stereocenters. The Morgan fingerprint density at radius 2 is 2.21 bits per heavy atom. The summed E-state index contributed by atoms with van der Waals surface area (Å²) in [4.78, 5) is 20.8. The molecule has 1 rings (SSSR count). The van der Waals surface area contributed by atoms with Crippen LogP contribution in [-0.4, -0.2) is 22.5 Å². The first kappa shape index (κ1) is 15.1. The predicted molar refractivity (Wildman–Crippen MR) is 71.1 cm³/mol. The van der Waals surface area contributed by atoms with E-state index in [0.29, 0.717) is 18.5 Å². The zero-order valence-electron chi connectivity index (χ0n) is 11.0. The van der Waals surface area contributed by atoms with Crippen LogP contribution in [0.3, 0.4) is 0 Å². The number of rotatable bonds is 7. The van der Waals surface area contributed by atoms with Crippen LogP contribution in [0.2, 0.25) is 0 Å². The van der Waals surface area contributed by atoms with Crippen LogP contribution in [-0.2, 0) is 4.79 Å². The van der Waals surface area contributed by atoms with E-state index in [1.54, 1.807) is 19.1 Å². The molecule has 6 nitrogen and oxygen atoms in total. The van der Waals surface area contributed by atoms with Crippen LogP contribution in [0.4, 0.5) is 5.69 Å². The first-order valence-corrected chi connectivity index (χ1v) is 6.12. The molecular formula is C13H18N2O4.